The number of amides is 1. The first-order valence-corrected chi connectivity index (χ1v) is 9.60. The highest BCUT2D eigenvalue weighted by atomic mass is 32.2. The van der Waals surface area contributed by atoms with Crippen LogP contribution in [-0.2, 0) is 14.3 Å². The van der Waals surface area contributed by atoms with Crippen LogP contribution in [0, 0.1) is 0 Å². The molecule has 2 aromatic carbocycles. The van der Waals surface area contributed by atoms with E-state index in [1.54, 1.807) is 7.11 Å². The number of fused-ring (bicyclic) bond motifs is 1. The molecule has 0 aliphatic rings. The third-order valence-electron chi connectivity index (χ3n) is 4.09. The molecule has 3 aromatic rings. The standard InChI is InChI=1S/C21H20N2O4S/c1-26-15-8-9-16-17(14-6-4-3-5-7-14)11-20(23-18(16)10-15)28-13-19(24)22-12-21(25)27-2/h3-11H,12-13H2,1-2H3,(H,22,24). The second-order valence-corrected chi connectivity index (χ2v) is 6.89. The number of methoxy groups -OCH3 is 2. The minimum atomic E-state index is -0.486. The van der Waals surface area contributed by atoms with Crippen LogP contribution in [0.1, 0.15) is 0 Å². The Morgan fingerprint density at radius 2 is 1.86 bits per heavy atom. The maximum absolute atomic E-state index is 12.0. The number of carbonyl (C=O) groups is 2. The van der Waals surface area contributed by atoms with E-state index in [2.05, 4.69) is 15.0 Å². The Balaban J connectivity index is 1.88. The van der Waals surface area contributed by atoms with Crippen molar-refractivity contribution in [1.29, 1.82) is 0 Å². The van der Waals surface area contributed by atoms with Crippen molar-refractivity contribution in [2.24, 2.45) is 0 Å². The van der Waals surface area contributed by atoms with E-state index in [0.717, 1.165) is 27.8 Å². The average molecular weight is 396 g/mol. The number of pyridine rings is 1. The molecule has 0 fully saturated rings. The summed E-state index contributed by atoms with van der Waals surface area (Å²) in [5, 5.41) is 4.24. The highest BCUT2D eigenvalue weighted by Gasteiger charge is 2.12. The van der Waals surface area contributed by atoms with Gasteiger partial charge < -0.3 is 14.8 Å². The van der Waals surface area contributed by atoms with Crippen LogP contribution in [0.2, 0.25) is 0 Å². The lowest BCUT2D eigenvalue weighted by Gasteiger charge is -2.11. The predicted molar refractivity (Wildman–Crippen MR) is 109 cm³/mol. The molecule has 28 heavy (non-hydrogen) atoms. The van der Waals surface area contributed by atoms with Crippen LogP contribution in [-0.4, -0.2) is 43.4 Å². The van der Waals surface area contributed by atoms with Crippen LogP contribution < -0.4 is 10.1 Å². The second kappa shape index (κ2) is 9.23. The van der Waals surface area contributed by atoms with Crippen LogP contribution in [0.3, 0.4) is 0 Å². The molecule has 3 rings (SSSR count). The number of nitrogens with zero attached hydrogens (tertiary/aromatic N) is 1. The Morgan fingerprint density at radius 3 is 2.57 bits per heavy atom. The summed E-state index contributed by atoms with van der Waals surface area (Å²) in [5.74, 6) is 0.120. The monoisotopic (exact) mass is 396 g/mol. The maximum Gasteiger partial charge on any atom is 0.325 e. The quantitative estimate of drug-likeness (QED) is 0.488. The molecule has 0 unspecified atom stereocenters. The predicted octanol–water partition coefficient (Wildman–Crippen LogP) is 3.29. The van der Waals surface area contributed by atoms with Crippen molar-refractivity contribution in [1.82, 2.24) is 10.3 Å². The number of thioether (sulfide) groups is 1. The van der Waals surface area contributed by atoms with Gasteiger partial charge in [-0.15, -0.1) is 0 Å². The average Bonchev–Trinajstić information content (AvgIpc) is 2.75. The van der Waals surface area contributed by atoms with Crippen molar-refractivity contribution in [2.75, 3.05) is 26.5 Å². The number of aromatic nitrogens is 1. The van der Waals surface area contributed by atoms with Crippen molar-refractivity contribution in [3.8, 4) is 16.9 Å². The lowest BCUT2D eigenvalue weighted by molar-refractivity contribution is -0.140. The SMILES string of the molecule is COC(=O)CNC(=O)CSc1cc(-c2ccccc2)c2ccc(OC)cc2n1. The summed E-state index contributed by atoms with van der Waals surface area (Å²) in [4.78, 5) is 27.8. The molecule has 0 bridgehead atoms. The highest BCUT2D eigenvalue weighted by molar-refractivity contribution is 7.99. The first-order chi connectivity index (χ1) is 13.6. The van der Waals surface area contributed by atoms with Gasteiger partial charge in [-0.1, -0.05) is 42.1 Å². The summed E-state index contributed by atoms with van der Waals surface area (Å²) in [5.41, 5.74) is 2.89. The molecule has 1 amide bonds. The summed E-state index contributed by atoms with van der Waals surface area (Å²) in [6.45, 7) is -0.145. The topological polar surface area (TPSA) is 77.5 Å². The van der Waals surface area contributed by atoms with Crippen molar-refractivity contribution in [2.45, 2.75) is 5.03 Å². The molecule has 0 atom stereocenters. The number of nitrogens with one attached hydrogen (secondary N) is 1. The van der Waals surface area contributed by atoms with Gasteiger partial charge in [-0.3, -0.25) is 9.59 Å². The second-order valence-electron chi connectivity index (χ2n) is 5.90. The zero-order chi connectivity index (χ0) is 19.9. The zero-order valence-corrected chi connectivity index (χ0v) is 16.4. The number of ether oxygens (including phenoxy) is 2. The number of esters is 1. The van der Waals surface area contributed by atoms with E-state index in [0.29, 0.717) is 5.03 Å². The molecule has 0 spiro atoms. The van der Waals surface area contributed by atoms with Gasteiger partial charge in [0.1, 0.15) is 12.3 Å². The molecule has 7 heteroatoms. The van der Waals surface area contributed by atoms with E-state index in [4.69, 9.17) is 4.74 Å². The van der Waals surface area contributed by atoms with E-state index < -0.39 is 5.97 Å². The number of hydrogen-bond acceptors (Lipinski definition) is 6. The Hall–Kier alpha value is -3.06. The smallest absolute Gasteiger partial charge is 0.325 e. The fourth-order valence-electron chi connectivity index (χ4n) is 2.67. The van der Waals surface area contributed by atoms with Gasteiger partial charge in [-0.25, -0.2) is 4.98 Å². The minimum absolute atomic E-state index is 0.145. The first kappa shape index (κ1) is 19.7. The van der Waals surface area contributed by atoms with Gasteiger partial charge in [0.05, 0.1) is 30.5 Å². The maximum atomic E-state index is 12.0. The van der Waals surface area contributed by atoms with Crippen LogP contribution in [0.5, 0.6) is 5.75 Å². The Labute approximate surface area is 167 Å². The molecule has 6 nitrogen and oxygen atoms in total. The van der Waals surface area contributed by atoms with Crippen molar-refractivity contribution in [3.05, 3.63) is 54.6 Å². The van der Waals surface area contributed by atoms with Gasteiger partial charge in [0.15, 0.2) is 0 Å². The fraction of sp³-hybridized carbons (Fsp3) is 0.190. The van der Waals surface area contributed by atoms with Gasteiger partial charge in [0, 0.05) is 11.5 Å². The summed E-state index contributed by atoms with van der Waals surface area (Å²) in [6.07, 6.45) is 0. The Bertz CT molecular complexity index is 992. The zero-order valence-electron chi connectivity index (χ0n) is 15.6. The molecular formula is C21H20N2O4S. The number of carbonyl (C=O) groups excluding carboxylic acids is 2. The normalized spacial score (nSPS) is 10.5. The van der Waals surface area contributed by atoms with Crippen LogP contribution in [0.15, 0.2) is 59.6 Å². The van der Waals surface area contributed by atoms with E-state index in [1.807, 2.05) is 54.6 Å². The van der Waals surface area contributed by atoms with Gasteiger partial charge in [0.25, 0.3) is 0 Å². The van der Waals surface area contributed by atoms with Gasteiger partial charge in [-0.2, -0.15) is 0 Å². The molecule has 0 saturated heterocycles. The minimum Gasteiger partial charge on any atom is -0.497 e. The lowest BCUT2D eigenvalue weighted by atomic mass is 10.0. The van der Waals surface area contributed by atoms with Crippen molar-refractivity contribution < 1.29 is 19.1 Å². The van der Waals surface area contributed by atoms with E-state index >= 15 is 0 Å². The third-order valence-corrected chi connectivity index (χ3v) is 5.00. The molecule has 0 radical (unpaired) electrons. The fourth-order valence-corrected chi connectivity index (χ4v) is 3.42. The Morgan fingerprint density at radius 1 is 1.07 bits per heavy atom. The van der Waals surface area contributed by atoms with E-state index in [9.17, 15) is 9.59 Å². The van der Waals surface area contributed by atoms with Crippen LogP contribution >= 0.6 is 11.8 Å². The van der Waals surface area contributed by atoms with Crippen LogP contribution in [0.4, 0.5) is 0 Å². The summed E-state index contributed by atoms with van der Waals surface area (Å²) >= 11 is 1.31. The number of benzene rings is 2. The van der Waals surface area contributed by atoms with Crippen LogP contribution in [0.25, 0.3) is 22.0 Å². The van der Waals surface area contributed by atoms with Crippen molar-refractivity contribution in [3.63, 3.8) is 0 Å². The highest BCUT2D eigenvalue weighted by Crippen LogP contribution is 2.33. The van der Waals surface area contributed by atoms with Crippen molar-refractivity contribution >= 4 is 34.5 Å². The first-order valence-electron chi connectivity index (χ1n) is 8.61. The number of hydrogen-bond donors (Lipinski definition) is 1. The van der Waals surface area contributed by atoms with Gasteiger partial charge >= 0.3 is 5.97 Å². The molecule has 1 N–H and O–H groups in total. The van der Waals surface area contributed by atoms with Gasteiger partial charge in [0.2, 0.25) is 5.91 Å². The molecular weight excluding hydrogens is 376 g/mol. The molecule has 0 aliphatic heterocycles. The molecule has 1 aromatic heterocycles. The Kier molecular flexibility index (Phi) is 6.49. The molecule has 1 heterocycles. The molecule has 0 aliphatic carbocycles. The summed E-state index contributed by atoms with van der Waals surface area (Å²) in [7, 11) is 2.89. The van der Waals surface area contributed by atoms with E-state index in [1.165, 1.54) is 18.9 Å². The summed E-state index contributed by atoms with van der Waals surface area (Å²) in [6, 6.07) is 17.8. The lowest BCUT2D eigenvalue weighted by Crippen LogP contribution is -2.31. The molecule has 0 saturated carbocycles. The molecule has 144 valence electrons. The third kappa shape index (κ3) is 4.80. The summed E-state index contributed by atoms with van der Waals surface area (Å²) < 4.78 is 9.83. The van der Waals surface area contributed by atoms with E-state index in [-0.39, 0.29) is 18.2 Å². The number of rotatable bonds is 7. The van der Waals surface area contributed by atoms with Gasteiger partial charge in [-0.05, 0) is 29.3 Å². The largest absolute Gasteiger partial charge is 0.497 e.